The first-order chi connectivity index (χ1) is 14.5. The Kier molecular flexibility index (Phi) is 5.59. The van der Waals surface area contributed by atoms with Gasteiger partial charge in [0.25, 0.3) is 5.91 Å². The molecule has 0 radical (unpaired) electrons. The summed E-state index contributed by atoms with van der Waals surface area (Å²) in [6.07, 6.45) is -0.555. The van der Waals surface area contributed by atoms with Crippen LogP contribution in [-0.4, -0.2) is 23.3 Å². The molecule has 1 aliphatic rings. The van der Waals surface area contributed by atoms with Crippen molar-refractivity contribution in [2.75, 3.05) is 5.32 Å². The molecule has 0 saturated carbocycles. The summed E-state index contributed by atoms with van der Waals surface area (Å²) in [7, 11) is 0. The van der Waals surface area contributed by atoms with E-state index in [4.69, 9.17) is 21.1 Å². The molecule has 4 rings (SSSR count). The summed E-state index contributed by atoms with van der Waals surface area (Å²) in [4.78, 5) is 24.0. The molecule has 3 aromatic rings. The van der Waals surface area contributed by atoms with Gasteiger partial charge in [0.15, 0.2) is 0 Å². The Bertz CT molecular complexity index is 1070. The average molecular weight is 424 g/mol. The number of fused-ring (bicyclic) bond motifs is 1. The number of carboxylic acid groups (broad SMARTS) is 1. The molecule has 0 fully saturated rings. The molecule has 152 valence electrons. The highest BCUT2D eigenvalue weighted by atomic mass is 35.5. The van der Waals surface area contributed by atoms with Crippen molar-refractivity contribution >= 4 is 29.2 Å². The SMILES string of the molecule is O=C(Nc1ccc(Cl)cc1)c1ccc(OC2CC(C(=O)O)c3ccccc3O2)cc1. The lowest BCUT2D eigenvalue weighted by molar-refractivity contribution is -0.141. The summed E-state index contributed by atoms with van der Waals surface area (Å²) in [5, 5.41) is 12.9. The van der Waals surface area contributed by atoms with E-state index in [9.17, 15) is 14.7 Å². The number of carbonyl (C=O) groups is 2. The van der Waals surface area contributed by atoms with Gasteiger partial charge in [-0.15, -0.1) is 0 Å². The molecule has 1 aliphatic heterocycles. The van der Waals surface area contributed by atoms with E-state index in [1.807, 2.05) is 0 Å². The fraction of sp³-hybridized carbons (Fsp3) is 0.130. The molecule has 2 N–H and O–H groups in total. The fourth-order valence-electron chi connectivity index (χ4n) is 3.26. The molecule has 7 heteroatoms. The van der Waals surface area contributed by atoms with Crippen LogP contribution >= 0.6 is 11.6 Å². The fourth-order valence-corrected chi connectivity index (χ4v) is 3.39. The van der Waals surface area contributed by atoms with Crippen LogP contribution in [0.5, 0.6) is 11.5 Å². The number of hydrogen-bond donors (Lipinski definition) is 2. The predicted molar refractivity (Wildman–Crippen MR) is 112 cm³/mol. The van der Waals surface area contributed by atoms with E-state index in [0.29, 0.717) is 33.3 Å². The van der Waals surface area contributed by atoms with E-state index >= 15 is 0 Å². The standard InChI is InChI=1S/C23H18ClNO5/c24-15-7-9-16(10-8-15)25-22(26)14-5-11-17(12-6-14)29-21-13-19(23(27)28)18-3-1-2-4-20(18)30-21/h1-12,19,21H,13H2,(H,25,26)(H,27,28). The lowest BCUT2D eigenvalue weighted by Gasteiger charge is -2.30. The van der Waals surface area contributed by atoms with Crippen molar-refractivity contribution in [1.82, 2.24) is 0 Å². The minimum absolute atomic E-state index is 0.186. The Morgan fingerprint density at radius 3 is 2.40 bits per heavy atom. The topological polar surface area (TPSA) is 84.9 Å². The van der Waals surface area contributed by atoms with Crippen molar-refractivity contribution in [3.8, 4) is 11.5 Å². The van der Waals surface area contributed by atoms with Gasteiger partial charge in [0.2, 0.25) is 6.29 Å². The number of rotatable bonds is 5. The number of carbonyl (C=O) groups excluding carboxylic acids is 1. The smallest absolute Gasteiger partial charge is 0.311 e. The molecular formula is C23H18ClNO5. The first-order valence-corrected chi connectivity index (χ1v) is 9.69. The largest absolute Gasteiger partial charge is 0.481 e. The van der Waals surface area contributed by atoms with Crippen LogP contribution in [0.4, 0.5) is 5.69 Å². The maximum absolute atomic E-state index is 12.4. The van der Waals surface area contributed by atoms with E-state index in [1.165, 1.54) is 0 Å². The van der Waals surface area contributed by atoms with Crippen molar-refractivity contribution in [3.05, 3.63) is 88.9 Å². The van der Waals surface area contributed by atoms with Crippen LogP contribution < -0.4 is 14.8 Å². The van der Waals surface area contributed by atoms with Crippen LogP contribution in [0.3, 0.4) is 0 Å². The predicted octanol–water partition coefficient (Wildman–Crippen LogP) is 4.95. The van der Waals surface area contributed by atoms with Crippen molar-refractivity contribution < 1.29 is 24.2 Å². The first kappa shape index (κ1) is 19.8. The Morgan fingerprint density at radius 2 is 1.70 bits per heavy atom. The number of hydrogen-bond acceptors (Lipinski definition) is 4. The van der Waals surface area contributed by atoms with Crippen LogP contribution in [-0.2, 0) is 4.79 Å². The van der Waals surface area contributed by atoms with Gasteiger partial charge in [-0.2, -0.15) is 0 Å². The monoisotopic (exact) mass is 423 g/mol. The van der Waals surface area contributed by atoms with Gasteiger partial charge in [-0.25, -0.2) is 0 Å². The molecular weight excluding hydrogens is 406 g/mol. The highest BCUT2D eigenvalue weighted by Crippen LogP contribution is 2.37. The van der Waals surface area contributed by atoms with Gasteiger partial charge in [0.05, 0.1) is 5.92 Å². The average Bonchev–Trinajstić information content (AvgIpc) is 2.75. The Hall–Kier alpha value is -3.51. The Balaban J connectivity index is 1.43. The van der Waals surface area contributed by atoms with E-state index in [0.717, 1.165) is 0 Å². The lowest BCUT2D eigenvalue weighted by Crippen LogP contribution is -2.33. The molecule has 2 unspecified atom stereocenters. The third kappa shape index (κ3) is 4.39. The van der Waals surface area contributed by atoms with Gasteiger partial charge in [-0.1, -0.05) is 29.8 Å². The van der Waals surface area contributed by atoms with Crippen molar-refractivity contribution in [2.45, 2.75) is 18.6 Å². The van der Waals surface area contributed by atoms with Gasteiger partial charge >= 0.3 is 5.97 Å². The van der Waals surface area contributed by atoms with Crippen LogP contribution in [0.2, 0.25) is 5.02 Å². The van der Waals surface area contributed by atoms with Crippen LogP contribution in [0.25, 0.3) is 0 Å². The molecule has 2 atom stereocenters. The van der Waals surface area contributed by atoms with Gasteiger partial charge in [-0.05, 0) is 54.6 Å². The van der Waals surface area contributed by atoms with Crippen LogP contribution in [0, 0.1) is 0 Å². The highest BCUT2D eigenvalue weighted by molar-refractivity contribution is 6.30. The number of amides is 1. The second-order valence-electron chi connectivity index (χ2n) is 6.82. The molecule has 1 heterocycles. The third-order valence-electron chi connectivity index (χ3n) is 4.77. The van der Waals surface area contributed by atoms with Crippen molar-refractivity contribution in [2.24, 2.45) is 0 Å². The molecule has 0 aromatic heterocycles. The molecule has 0 saturated heterocycles. The number of nitrogens with one attached hydrogen (secondary N) is 1. The molecule has 30 heavy (non-hydrogen) atoms. The second kappa shape index (κ2) is 8.47. The number of halogens is 1. The summed E-state index contributed by atoms with van der Waals surface area (Å²) in [5.74, 6) is -0.915. The first-order valence-electron chi connectivity index (χ1n) is 9.31. The number of para-hydroxylation sites is 1. The molecule has 0 bridgehead atoms. The lowest BCUT2D eigenvalue weighted by atomic mass is 9.92. The van der Waals surface area contributed by atoms with Gasteiger partial charge < -0.3 is 19.9 Å². The summed E-state index contributed by atoms with van der Waals surface area (Å²) >= 11 is 5.85. The van der Waals surface area contributed by atoms with Gasteiger partial charge in [0, 0.05) is 28.3 Å². The zero-order valence-corrected chi connectivity index (χ0v) is 16.5. The normalized spacial score (nSPS) is 17.4. The van der Waals surface area contributed by atoms with E-state index in [-0.39, 0.29) is 12.3 Å². The summed E-state index contributed by atoms with van der Waals surface area (Å²) in [6, 6.07) is 20.4. The van der Waals surface area contributed by atoms with Crippen molar-refractivity contribution in [1.29, 1.82) is 0 Å². The van der Waals surface area contributed by atoms with Crippen molar-refractivity contribution in [3.63, 3.8) is 0 Å². The number of benzene rings is 3. The number of carboxylic acids is 1. The van der Waals surface area contributed by atoms with Gasteiger partial charge in [0.1, 0.15) is 11.5 Å². The van der Waals surface area contributed by atoms with E-state index < -0.39 is 18.2 Å². The maximum atomic E-state index is 12.4. The molecule has 1 amide bonds. The highest BCUT2D eigenvalue weighted by Gasteiger charge is 2.34. The van der Waals surface area contributed by atoms with Crippen LogP contribution in [0.1, 0.15) is 28.3 Å². The zero-order valence-electron chi connectivity index (χ0n) is 15.7. The summed E-state index contributed by atoms with van der Waals surface area (Å²) in [5.41, 5.74) is 1.73. The Morgan fingerprint density at radius 1 is 1.00 bits per heavy atom. The quantitative estimate of drug-likeness (QED) is 0.606. The number of ether oxygens (including phenoxy) is 2. The summed E-state index contributed by atoms with van der Waals surface area (Å²) in [6.45, 7) is 0. The molecule has 6 nitrogen and oxygen atoms in total. The molecule has 0 aliphatic carbocycles. The van der Waals surface area contributed by atoms with Crippen LogP contribution in [0.15, 0.2) is 72.8 Å². The number of aliphatic carboxylic acids is 1. The minimum Gasteiger partial charge on any atom is -0.481 e. The van der Waals surface area contributed by atoms with Gasteiger partial charge in [-0.3, -0.25) is 9.59 Å². The van der Waals surface area contributed by atoms with E-state index in [1.54, 1.807) is 72.8 Å². The number of anilines is 1. The Labute approximate surface area is 178 Å². The maximum Gasteiger partial charge on any atom is 0.311 e. The summed E-state index contributed by atoms with van der Waals surface area (Å²) < 4.78 is 11.6. The second-order valence-corrected chi connectivity index (χ2v) is 7.25. The third-order valence-corrected chi connectivity index (χ3v) is 5.02. The molecule has 3 aromatic carbocycles. The minimum atomic E-state index is -0.923. The molecule has 0 spiro atoms. The van der Waals surface area contributed by atoms with E-state index in [2.05, 4.69) is 5.32 Å². The zero-order chi connectivity index (χ0) is 21.1.